The molecule has 0 saturated carbocycles. The fourth-order valence-corrected chi connectivity index (χ4v) is 0.831. The first-order valence-corrected chi connectivity index (χ1v) is 3.46. The van der Waals surface area contributed by atoms with E-state index in [9.17, 15) is 22.0 Å². The van der Waals surface area contributed by atoms with Crippen LogP contribution in [0, 0.1) is 11.9 Å². The average molecular weight is 212 g/mol. The zero-order valence-corrected chi connectivity index (χ0v) is 6.65. The van der Waals surface area contributed by atoms with Crippen molar-refractivity contribution in [3.8, 4) is 0 Å². The van der Waals surface area contributed by atoms with Crippen LogP contribution in [-0.2, 0) is 0 Å². The molecular formula is C7H5F5N2. The summed E-state index contributed by atoms with van der Waals surface area (Å²) in [4.78, 5) is 2.59. The highest BCUT2D eigenvalue weighted by molar-refractivity contribution is 5.17. The van der Waals surface area contributed by atoms with Gasteiger partial charge in [-0.3, -0.25) is 0 Å². The fraction of sp³-hybridized carbons (Fsp3) is 0.286. The zero-order chi connectivity index (χ0) is 10.9. The molecule has 0 aliphatic rings. The minimum absolute atomic E-state index is 0.615. The number of halogens is 5. The molecule has 0 unspecified atom stereocenters. The van der Waals surface area contributed by atoms with E-state index in [0.29, 0.717) is 12.1 Å². The number of aromatic nitrogens is 1. The summed E-state index contributed by atoms with van der Waals surface area (Å²) in [6.07, 6.45) is -4.78. The highest BCUT2D eigenvalue weighted by Gasteiger charge is 2.39. The quantitative estimate of drug-likeness (QED) is 0.570. The van der Waals surface area contributed by atoms with Gasteiger partial charge in [-0.25, -0.2) is 0 Å². The third-order valence-electron chi connectivity index (χ3n) is 1.53. The van der Waals surface area contributed by atoms with Crippen molar-refractivity contribution in [1.29, 1.82) is 0 Å². The van der Waals surface area contributed by atoms with Crippen LogP contribution in [0.4, 0.5) is 22.0 Å². The Balaban J connectivity index is 3.08. The molecule has 0 fully saturated rings. The van der Waals surface area contributed by atoms with E-state index in [0.717, 1.165) is 0 Å². The summed E-state index contributed by atoms with van der Waals surface area (Å²) >= 11 is 0. The number of hydrogen-bond acceptors (Lipinski definition) is 2. The summed E-state index contributed by atoms with van der Waals surface area (Å²) in [5.74, 6) is -2.74. The molecule has 14 heavy (non-hydrogen) atoms. The van der Waals surface area contributed by atoms with Gasteiger partial charge in [0, 0.05) is 5.56 Å². The Bertz CT molecular complexity index is 335. The lowest BCUT2D eigenvalue weighted by atomic mass is 10.1. The predicted molar refractivity (Wildman–Crippen MR) is 37.1 cm³/mol. The molecule has 0 aliphatic heterocycles. The molecule has 1 aromatic rings. The molecule has 0 bridgehead atoms. The number of alkyl halides is 3. The molecule has 1 atom stereocenters. The van der Waals surface area contributed by atoms with Crippen molar-refractivity contribution in [1.82, 2.24) is 4.98 Å². The summed E-state index contributed by atoms with van der Waals surface area (Å²) < 4.78 is 60.9. The Morgan fingerprint density at radius 1 is 1.21 bits per heavy atom. The van der Waals surface area contributed by atoms with Gasteiger partial charge >= 0.3 is 6.18 Å². The van der Waals surface area contributed by atoms with Gasteiger partial charge in [-0.05, 0) is 12.1 Å². The minimum Gasteiger partial charge on any atom is -0.316 e. The molecule has 1 aromatic heterocycles. The molecule has 0 aliphatic carbocycles. The Morgan fingerprint density at radius 2 is 1.79 bits per heavy atom. The molecule has 0 spiro atoms. The molecule has 78 valence electrons. The molecular weight excluding hydrogens is 207 g/mol. The van der Waals surface area contributed by atoms with Gasteiger partial charge in [-0.15, -0.1) is 0 Å². The van der Waals surface area contributed by atoms with Crippen molar-refractivity contribution in [2.75, 3.05) is 0 Å². The number of pyridine rings is 1. The van der Waals surface area contributed by atoms with Crippen molar-refractivity contribution in [3.05, 3.63) is 29.6 Å². The zero-order valence-electron chi connectivity index (χ0n) is 6.65. The highest BCUT2D eigenvalue weighted by Crippen LogP contribution is 2.31. The van der Waals surface area contributed by atoms with Crippen LogP contribution in [0.3, 0.4) is 0 Å². The standard InChI is InChI=1S/C7H5F5N2/c8-4-2-1-3(6(9)14-4)5(13)7(10,11)12/h1-2,5H,13H2/t5-/m0/s1. The van der Waals surface area contributed by atoms with Gasteiger partial charge in [0.1, 0.15) is 6.04 Å². The predicted octanol–water partition coefficient (Wildman–Crippen LogP) is 1.92. The SMILES string of the molecule is N[C@@H](c1ccc(F)nc1F)C(F)(F)F. The van der Waals surface area contributed by atoms with Crippen LogP contribution >= 0.6 is 0 Å². The third kappa shape index (κ3) is 2.16. The summed E-state index contributed by atoms with van der Waals surface area (Å²) in [5, 5.41) is 0. The smallest absolute Gasteiger partial charge is 0.316 e. The first-order chi connectivity index (χ1) is 6.32. The van der Waals surface area contributed by atoms with Gasteiger partial charge in [-0.2, -0.15) is 26.9 Å². The highest BCUT2D eigenvalue weighted by atomic mass is 19.4. The fourth-order valence-electron chi connectivity index (χ4n) is 0.831. The van der Waals surface area contributed by atoms with E-state index in [1.54, 1.807) is 0 Å². The number of hydrogen-bond donors (Lipinski definition) is 1. The Labute approximate surface area is 75.5 Å². The maximum Gasteiger partial charge on any atom is 0.407 e. The maximum absolute atomic E-state index is 12.7. The van der Waals surface area contributed by atoms with E-state index in [1.165, 1.54) is 0 Å². The molecule has 0 aromatic carbocycles. The van der Waals surface area contributed by atoms with Crippen molar-refractivity contribution in [3.63, 3.8) is 0 Å². The second-order valence-electron chi connectivity index (χ2n) is 2.53. The average Bonchev–Trinajstić information content (AvgIpc) is 2.01. The molecule has 1 rings (SSSR count). The lowest BCUT2D eigenvalue weighted by Gasteiger charge is -2.15. The van der Waals surface area contributed by atoms with Gasteiger partial charge < -0.3 is 5.73 Å². The van der Waals surface area contributed by atoms with Crippen LogP contribution < -0.4 is 5.73 Å². The summed E-state index contributed by atoms with van der Waals surface area (Å²) in [7, 11) is 0. The van der Waals surface area contributed by atoms with E-state index in [4.69, 9.17) is 5.73 Å². The van der Waals surface area contributed by atoms with Gasteiger partial charge in [-0.1, -0.05) is 0 Å². The van der Waals surface area contributed by atoms with Gasteiger partial charge in [0.15, 0.2) is 0 Å². The second kappa shape index (κ2) is 3.49. The number of rotatable bonds is 1. The van der Waals surface area contributed by atoms with E-state index in [2.05, 4.69) is 4.98 Å². The van der Waals surface area contributed by atoms with Crippen LogP contribution in [0.15, 0.2) is 12.1 Å². The number of nitrogens with zero attached hydrogens (tertiary/aromatic N) is 1. The van der Waals surface area contributed by atoms with Gasteiger partial charge in [0.05, 0.1) is 0 Å². The van der Waals surface area contributed by atoms with Gasteiger partial charge in [0.2, 0.25) is 11.9 Å². The summed E-state index contributed by atoms with van der Waals surface area (Å²) in [5.41, 5.74) is 3.82. The summed E-state index contributed by atoms with van der Waals surface area (Å²) in [6, 6.07) is -1.25. The number of nitrogens with two attached hydrogens (primary N) is 1. The topological polar surface area (TPSA) is 38.9 Å². The van der Waals surface area contributed by atoms with Crippen LogP contribution in [0.2, 0.25) is 0 Å². The Kier molecular flexibility index (Phi) is 2.70. The van der Waals surface area contributed by atoms with Crippen molar-refractivity contribution < 1.29 is 22.0 Å². The normalized spacial score (nSPS) is 14.1. The molecule has 1 heterocycles. The lowest BCUT2D eigenvalue weighted by molar-refractivity contribution is -0.149. The van der Waals surface area contributed by atoms with Crippen LogP contribution in [-0.4, -0.2) is 11.2 Å². The largest absolute Gasteiger partial charge is 0.407 e. The van der Waals surface area contributed by atoms with Crippen LogP contribution in [0.25, 0.3) is 0 Å². The minimum atomic E-state index is -4.78. The van der Waals surface area contributed by atoms with Crippen molar-refractivity contribution in [2.45, 2.75) is 12.2 Å². The van der Waals surface area contributed by atoms with E-state index in [-0.39, 0.29) is 0 Å². The third-order valence-corrected chi connectivity index (χ3v) is 1.53. The molecule has 2 N–H and O–H groups in total. The first kappa shape index (κ1) is 10.8. The first-order valence-electron chi connectivity index (χ1n) is 3.46. The van der Waals surface area contributed by atoms with Crippen molar-refractivity contribution in [2.24, 2.45) is 5.73 Å². The molecule has 0 radical (unpaired) electrons. The second-order valence-corrected chi connectivity index (χ2v) is 2.53. The molecule has 0 saturated heterocycles. The van der Waals surface area contributed by atoms with Crippen LogP contribution in [0.1, 0.15) is 11.6 Å². The Hall–Kier alpha value is -1.24. The molecule has 7 heteroatoms. The lowest BCUT2D eigenvalue weighted by Crippen LogP contribution is -2.29. The van der Waals surface area contributed by atoms with Crippen LogP contribution in [0.5, 0.6) is 0 Å². The van der Waals surface area contributed by atoms with E-state index < -0.39 is 29.7 Å². The Morgan fingerprint density at radius 3 is 2.21 bits per heavy atom. The van der Waals surface area contributed by atoms with Crippen molar-refractivity contribution >= 4 is 0 Å². The molecule has 2 nitrogen and oxygen atoms in total. The van der Waals surface area contributed by atoms with Gasteiger partial charge in [0.25, 0.3) is 0 Å². The summed E-state index contributed by atoms with van der Waals surface area (Å²) in [6.45, 7) is 0. The monoisotopic (exact) mass is 212 g/mol. The maximum atomic E-state index is 12.7. The van der Waals surface area contributed by atoms with E-state index in [1.807, 2.05) is 0 Å². The molecule has 0 amide bonds. The van der Waals surface area contributed by atoms with E-state index >= 15 is 0 Å².